The van der Waals surface area contributed by atoms with Crippen molar-refractivity contribution in [2.45, 2.75) is 25.2 Å². The van der Waals surface area contributed by atoms with Crippen LogP contribution in [0, 0.1) is 5.41 Å². The van der Waals surface area contributed by atoms with Gasteiger partial charge in [-0.15, -0.1) is 0 Å². The van der Waals surface area contributed by atoms with Crippen molar-refractivity contribution in [1.29, 1.82) is 0 Å². The number of carboxylic acids is 1. The molecule has 0 aliphatic carbocycles. The highest BCUT2D eigenvalue weighted by molar-refractivity contribution is 7.89. The Morgan fingerprint density at radius 2 is 2.05 bits per heavy atom. The van der Waals surface area contributed by atoms with Gasteiger partial charge in [-0.3, -0.25) is 0 Å². The lowest BCUT2D eigenvalue weighted by Gasteiger charge is -2.24. The third-order valence-electron chi connectivity index (χ3n) is 3.11. The minimum absolute atomic E-state index is 0.0510. The normalized spacial score (nSPS) is 12.3. The van der Waals surface area contributed by atoms with Crippen LogP contribution in [0.4, 0.5) is 0 Å². The van der Waals surface area contributed by atoms with E-state index in [-0.39, 0.29) is 22.4 Å². The molecule has 0 amide bonds. The molecule has 0 aromatic heterocycles. The van der Waals surface area contributed by atoms with E-state index in [1.165, 1.54) is 18.2 Å². The number of carbonyl (C=O) groups is 1. The van der Waals surface area contributed by atoms with Crippen LogP contribution in [-0.4, -0.2) is 39.8 Å². The molecule has 0 aliphatic heterocycles. The second-order valence-corrected chi connectivity index (χ2v) is 7.33. The molecule has 0 atom stereocenters. The van der Waals surface area contributed by atoms with Gasteiger partial charge in [0.2, 0.25) is 10.0 Å². The zero-order valence-electron chi connectivity index (χ0n) is 12.4. The lowest BCUT2D eigenvalue weighted by Crippen LogP contribution is -2.34. The number of sulfonamides is 1. The molecule has 0 spiro atoms. The predicted molar refractivity (Wildman–Crippen MR) is 78.9 cm³/mol. The standard InChI is InChI=1S/C14H21NO5S/c1-14(2,7-8-20-3)10-15-21(18,19)12-6-4-5-11(9-12)13(16)17/h4-6,9,15H,7-8,10H2,1-3H3,(H,16,17). The lowest BCUT2D eigenvalue weighted by molar-refractivity contribution is 0.0696. The summed E-state index contributed by atoms with van der Waals surface area (Å²) < 4.78 is 31.9. The van der Waals surface area contributed by atoms with Crippen molar-refractivity contribution < 1.29 is 23.1 Å². The zero-order chi connectivity index (χ0) is 16.1. The molecule has 0 saturated carbocycles. The third kappa shape index (κ3) is 5.45. The lowest BCUT2D eigenvalue weighted by atomic mass is 9.90. The first kappa shape index (κ1) is 17.6. The summed E-state index contributed by atoms with van der Waals surface area (Å²) >= 11 is 0. The van der Waals surface area contributed by atoms with Crippen molar-refractivity contribution in [3.63, 3.8) is 0 Å². The summed E-state index contributed by atoms with van der Waals surface area (Å²) in [5, 5.41) is 8.90. The third-order valence-corrected chi connectivity index (χ3v) is 4.51. The second kappa shape index (κ2) is 7.02. The van der Waals surface area contributed by atoms with Gasteiger partial charge >= 0.3 is 5.97 Å². The van der Waals surface area contributed by atoms with Gasteiger partial charge in [0, 0.05) is 20.3 Å². The molecular formula is C14H21NO5S. The van der Waals surface area contributed by atoms with E-state index in [1.54, 1.807) is 7.11 Å². The molecule has 6 nitrogen and oxygen atoms in total. The largest absolute Gasteiger partial charge is 0.478 e. The van der Waals surface area contributed by atoms with Crippen LogP contribution in [-0.2, 0) is 14.8 Å². The molecule has 1 rings (SSSR count). The Hall–Kier alpha value is -1.44. The molecule has 7 heteroatoms. The molecule has 0 heterocycles. The Kier molecular flexibility index (Phi) is 5.88. The summed E-state index contributed by atoms with van der Waals surface area (Å²) in [6, 6.07) is 5.28. The summed E-state index contributed by atoms with van der Waals surface area (Å²) in [6.07, 6.45) is 0.710. The Morgan fingerprint density at radius 3 is 2.62 bits per heavy atom. The fourth-order valence-electron chi connectivity index (χ4n) is 1.64. The highest BCUT2D eigenvalue weighted by Gasteiger charge is 2.22. The molecule has 0 bridgehead atoms. The summed E-state index contributed by atoms with van der Waals surface area (Å²) in [7, 11) is -2.13. The summed E-state index contributed by atoms with van der Waals surface area (Å²) in [5.74, 6) is -1.16. The van der Waals surface area contributed by atoms with E-state index in [0.29, 0.717) is 13.0 Å². The van der Waals surface area contributed by atoms with E-state index in [1.807, 2.05) is 13.8 Å². The molecule has 118 valence electrons. The molecule has 1 aromatic carbocycles. The van der Waals surface area contributed by atoms with Gasteiger partial charge in [0.25, 0.3) is 0 Å². The maximum absolute atomic E-state index is 12.2. The Labute approximate surface area is 125 Å². The highest BCUT2D eigenvalue weighted by Crippen LogP contribution is 2.20. The number of ether oxygens (including phenoxy) is 1. The zero-order valence-corrected chi connectivity index (χ0v) is 13.2. The number of rotatable bonds is 8. The van der Waals surface area contributed by atoms with Crippen molar-refractivity contribution in [2.24, 2.45) is 5.41 Å². The Morgan fingerprint density at radius 1 is 1.38 bits per heavy atom. The topological polar surface area (TPSA) is 92.7 Å². The Bertz CT molecular complexity index is 595. The molecule has 0 aliphatic rings. The summed E-state index contributed by atoms with van der Waals surface area (Å²) in [6.45, 7) is 4.66. The van der Waals surface area contributed by atoms with Crippen molar-refractivity contribution in [3.05, 3.63) is 29.8 Å². The van der Waals surface area contributed by atoms with Gasteiger partial charge in [-0.05, 0) is 30.0 Å². The molecule has 2 N–H and O–H groups in total. The van der Waals surface area contributed by atoms with Gasteiger partial charge < -0.3 is 9.84 Å². The van der Waals surface area contributed by atoms with Crippen LogP contribution in [0.25, 0.3) is 0 Å². The minimum Gasteiger partial charge on any atom is -0.478 e. The second-order valence-electron chi connectivity index (χ2n) is 5.56. The number of hydrogen-bond donors (Lipinski definition) is 2. The monoisotopic (exact) mass is 315 g/mol. The number of hydrogen-bond acceptors (Lipinski definition) is 4. The smallest absolute Gasteiger partial charge is 0.335 e. The van der Waals surface area contributed by atoms with Crippen LogP contribution in [0.3, 0.4) is 0 Å². The van der Waals surface area contributed by atoms with Crippen molar-refractivity contribution in [3.8, 4) is 0 Å². The van der Waals surface area contributed by atoms with Crippen LogP contribution in [0.5, 0.6) is 0 Å². The van der Waals surface area contributed by atoms with Crippen molar-refractivity contribution >= 4 is 16.0 Å². The number of aromatic carboxylic acids is 1. The quantitative estimate of drug-likeness (QED) is 0.762. The first-order valence-electron chi connectivity index (χ1n) is 6.50. The van der Waals surface area contributed by atoms with Crippen LogP contribution in [0.1, 0.15) is 30.6 Å². The van der Waals surface area contributed by atoms with E-state index >= 15 is 0 Å². The van der Waals surface area contributed by atoms with Gasteiger partial charge in [0.15, 0.2) is 0 Å². The van der Waals surface area contributed by atoms with Gasteiger partial charge in [0.1, 0.15) is 0 Å². The van der Waals surface area contributed by atoms with Gasteiger partial charge in [-0.2, -0.15) is 0 Å². The SMILES string of the molecule is COCCC(C)(C)CNS(=O)(=O)c1cccc(C(=O)O)c1. The van der Waals surface area contributed by atoms with E-state index in [9.17, 15) is 13.2 Å². The number of methoxy groups -OCH3 is 1. The molecule has 1 aromatic rings. The van der Waals surface area contributed by atoms with E-state index in [2.05, 4.69) is 4.72 Å². The number of carboxylic acid groups (broad SMARTS) is 1. The van der Waals surface area contributed by atoms with Gasteiger partial charge in [-0.25, -0.2) is 17.9 Å². The maximum atomic E-state index is 12.2. The van der Waals surface area contributed by atoms with Crippen molar-refractivity contribution in [2.75, 3.05) is 20.3 Å². The predicted octanol–water partition coefficient (Wildman–Crippen LogP) is 1.73. The Balaban J connectivity index is 2.82. The van der Waals surface area contributed by atoms with Crippen LogP contribution in [0.2, 0.25) is 0 Å². The fourth-order valence-corrected chi connectivity index (χ4v) is 2.92. The average Bonchev–Trinajstić information content (AvgIpc) is 2.43. The average molecular weight is 315 g/mol. The molecule has 0 fully saturated rings. The molecule has 0 saturated heterocycles. The highest BCUT2D eigenvalue weighted by atomic mass is 32.2. The number of benzene rings is 1. The van der Waals surface area contributed by atoms with Crippen LogP contribution >= 0.6 is 0 Å². The van der Waals surface area contributed by atoms with Crippen LogP contribution < -0.4 is 4.72 Å². The first-order chi connectivity index (χ1) is 9.68. The van der Waals surface area contributed by atoms with Gasteiger partial charge in [-0.1, -0.05) is 19.9 Å². The fraction of sp³-hybridized carbons (Fsp3) is 0.500. The molecular weight excluding hydrogens is 294 g/mol. The summed E-state index contributed by atoms with van der Waals surface area (Å²) in [4.78, 5) is 10.8. The molecule has 21 heavy (non-hydrogen) atoms. The van der Waals surface area contributed by atoms with E-state index in [0.717, 1.165) is 6.07 Å². The summed E-state index contributed by atoms with van der Waals surface area (Å²) in [5.41, 5.74) is -0.315. The van der Waals surface area contributed by atoms with Crippen LogP contribution in [0.15, 0.2) is 29.2 Å². The van der Waals surface area contributed by atoms with Gasteiger partial charge in [0.05, 0.1) is 10.5 Å². The molecule has 0 radical (unpaired) electrons. The van der Waals surface area contributed by atoms with E-state index < -0.39 is 16.0 Å². The molecule has 0 unspecified atom stereocenters. The van der Waals surface area contributed by atoms with E-state index in [4.69, 9.17) is 9.84 Å². The van der Waals surface area contributed by atoms with Crippen molar-refractivity contribution in [1.82, 2.24) is 4.72 Å². The first-order valence-corrected chi connectivity index (χ1v) is 7.98. The number of nitrogens with one attached hydrogen (secondary N) is 1. The maximum Gasteiger partial charge on any atom is 0.335 e. The minimum atomic E-state index is -3.73.